The third-order valence-electron chi connectivity index (χ3n) is 5.43. The number of hydrogen-bond donors (Lipinski definition) is 4. The van der Waals surface area contributed by atoms with Gasteiger partial charge in [0.1, 0.15) is 0 Å². The number of pyridine rings is 1. The molecule has 0 fully saturated rings. The molecule has 0 unspecified atom stereocenters. The van der Waals surface area contributed by atoms with Gasteiger partial charge >= 0.3 is 6.09 Å². The zero-order valence-corrected chi connectivity index (χ0v) is 22.8. The Hall–Kier alpha value is -5.02. The third-order valence-corrected chi connectivity index (χ3v) is 6.78. The Morgan fingerprint density at radius 3 is 2.17 bits per heavy atom. The number of methoxy groups -OCH3 is 2. The third kappa shape index (κ3) is 8.48. The number of aromatic nitrogens is 1. The van der Waals surface area contributed by atoms with Crippen LogP contribution < -0.4 is 35.3 Å². The molecule has 41 heavy (non-hydrogen) atoms. The van der Waals surface area contributed by atoms with E-state index in [1.54, 1.807) is 30.3 Å². The van der Waals surface area contributed by atoms with E-state index in [1.807, 2.05) is 10.0 Å². The minimum atomic E-state index is -4.22. The van der Waals surface area contributed by atoms with Gasteiger partial charge in [0, 0.05) is 24.4 Å². The first-order valence-corrected chi connectivity index (χ1v) is 13.4. The molecule has 0 saturated carbocycles. The zero-order valence-electron chi connectivity index (χ0n) is 22.0. The van der Waals surface area contributed by atoms with E-state index in [0.717, 1.165) is 17.8 Å². The first-order chi connectivity index (χ1) is 19.6. The van der Waals surface area contributed by atoms with E-state index < -0.39 is 34.5 Å². The molecule has 3 rings (SSSR count). The van der Waals surface area contributed by atoms with Crippen LogP contribution in [0.3, 0.4) is 0 Å². The lowest BCUT2D eigenvalue weighted by molar-refractivity contribution is -0.118. The Kier molecular flexibility index (Phi) is 10.3. The molecule has 15 heteroatoms. The van der Waals surface area contributed by atoms with E-state index in [4.69, 9.17) is 19.9 Å². The van der Waals surface area contributed by atoms with Crippen LogP contribution in [0.4, 0.5) is 4.79 Å². The van der Waals surface area contributed by atoms with Crippen molar-refractivity contribution >= 4 is 33.8 Å². The number of imide groups is 1. The van der Waals surface area contributed by atoms with Crippen LogP contribution in [0.2, 0.25) is 0 Å². The lowest BCUT2D eigenvalue weighted by atomic mass is 10.1. The van der Waals surface area contributed by atoms with Crippen molar-refractivity contribution in [2.75, 3.05) is 27.3 Å². The zero-order chi connectivity index (χ0) is 30.0. The molecular formula is C26H27N5O9S. The second kappa shape index (κ2) is 13.9. The molecule has 0 saturated heterocycles. The molecule has 2 aromatic carbocycles. The summed E-state index contributed by atoms with van der Waals surface area (Å²) in [7, 11) is -1.25. The molecule has 14 nitrogen and oxygen atoms in total. The SMILES string of the molecule is COc1ccc(C(=O)NCCc2ccc(S(=O)(=O)NC(=O)c3ccc(OC(=O)NC(=O)CN)nc3)cc2)cc1OC. The fourth-order valence-corrected chi connectivity index (χ4v) is 4.31. The minimum absolute atomic E-state index is 0.124. The average Bonchev–Trinajstić information content (AvgIpc) is 2.96. The van der Waals surface area contributed by atoms with Crippen LogP contribution in [-0.4, -0.2) is 64.5 Å². The van der Waals surface area contributed by atoms with Crippen LogP contribution in [0.5, 0.6) is 17.4 Å². The normalized spacial score (nSPS) is 10.7. The van der Waals surface area contributed by atoms with Crippen molar-refractivity contribution in [3.8, 4) is 17.4 Å². The number of sulfonamides is 1. The summed E-state index contributed by atoms with van der Waals surface area (Å²) in [5, 5.41) is 4.63. The fraction of sp³-hybridized carbons (Fsp3) is 0.192. The number of nitrogens with one attached hydrogen (secondary N) is 3. The smallest absolute Gasteiger partial charge is 0.420 e. The molecule has 0 aliphatic rings. The van der Waals surface area contributed by atoms with Gasteiger partial charge in [-0.2, -0.15) is 0 Å². The Balaban J connectivity index is 1.53. The Labute approximate surface area is 235 Å². The summed E-state index contributed by atoms with van der Waals surface area (Å²) in [5.41, 5.74) is 6.10. The predicted molar refractivity (Wildman–Crippen MR) is 144 cm³/mol. The molecule has 1 aromatic heterocycles. The summed E-state index contributed by atoms with van der Waals surface area (Å²) >= 11 is 0. The number of amides is 4. The monoisotopic (exact) mass is 585 g/mol. The van der Waals surface area contributed by atoms with Gasteiger partial charge < -0.3 is 25.3 Å². The van der Waals surface area contributed by atoms with E-state index in [1.165, 1.54) is 32.4 Å². The van der Waals surface area contributed by atoms with Gasteiger partial charge in [0.15, 0.2) is 11.5 Å². The summed E-state index contributed by atoms with van der Waals surface area (Å²) < 4.78 is 42.4. The number of benzene rings is 2. The molecule has 0 bridgehead atoms. The highest BCUT2D eigenvalue weighted by Gasteiger charge is 2.20. The molecule has 0 radical (unpaired) electrons. The highest BCUT2D eigenvalue weighted by molar-refractivity contribution is 7.90. The van der Waals surface area contributed by atoms with Gasteiger partial charge in [-0.15, -0.1) is 0 Å². The maximum absolute atomic E-state index is 12.7. The van der Waals surface area contributed by atoms with Crippen molar-refractivity contribution < 1.29 is 41.8 Å². The van der Waals surface area contributed by atoms with Crippen LogP contribution in [-0.2, 0) is 21.2 Å². The number of nitrogens with zero attached hydrogens (tertiary/aromatic N) is 1. The minimum Gasteiger partial charge on any atom is -0.493 e. The van der Waals surface area contributed by atoms with Crippen LogP contribution >= 0.6 is 0 Å². The van der Waals surface area contributed by atoms with Crippen LogP contribution in [0.1, 0.15) is 26.3 Å². The standard InChI is InChI=1S/C26H27N5O9S/c1-38-20-9-5-17(13-21(20)39-2)24(33)28-12-11-16-3-7-19(8-4-16)41(36,37)31-25(34)18-6-10-23(29-15-18)40-26(35)30-22(32)14-27/h3-10,13,15H,11-12,14,27H2,1-2H3,(H,28,33)(H,31,34)(H,30,32,35). The van der Waals surface area contributed by atoms with E-state index in [0.29, 0.717) is 23.5 Å². The quantitative estimate of drug-likeness (QED) is 0.247. The highest BCUT2D eigenvalue weighted by atomic mass is 32.2. The second-order valence-electron chi connectivity index (χ2n) is 8.18. The first kappa shape index (κ1) is 30.5. The Morgan fingerprint density at radius 2 is 1.56 bits per heavy atom. The molecule has 1 heterocycles. The fourth-order valence-electron chi connectivity index (χ4n) is 3.34. The first-order valence-electron chi connectivity index (χ1n) is 11.9. The Bertz CT molecular complexity index is 1530. The number of rotatable bonds is 11. The number of carbonyl (C=O) groups excluding carboxylic acids is 4. The van der Waals surface area contributed by atoms with Crippen LogP contribution in [0.15, 0.2) is 65.7 Å². The summed E-state index contributed by atoms with van der Waals surface area (Å²) in [4.78, 5) is 51.1. The van der Waals surface area contributed by atoms with Gasteiger partial charge in [-0.25, -0.2) is 22.9 Å². The average molecular weight is 586 g/mol. The molecular weight excluding hydrogens is 558 g/mol. The topological polar surface area (TPSA) is 205 Å². The maximum atomic E-state index is 12.7. The summed E-state index contributed by atoms with van der Waals surface area (Å²) in [5.74, 6) is -1.35. The molecule has 3 aromatic rings. The lowest BCUT2D eigenvalue weighted by Gasteiger charge is -2.10. The summed E-state index contributed by atoms with van der Waals surface area (Å²) in [6, 6.07) is 12.9. The molecule has 0 aliphatic heterocycles. The van der Waals surface area contributed by atoms with Crippen molar-refractivity contribution in [2.24, 2.45) is 5.73 Å². The predicted octanol–water partition coefficient (Wildman–Crippen LogP) is 0.764. The van der Waals surface area contributed by atoms with Gasteiger partial charge in [0.25, 0.3) is 21.8 Å². The van der Waals surface area contributed by atoms with Gasteiger partial charge in [-0.1, -0.05) is 12.1 Å². The molecule has 216 valence electrons. The molecule has 4 amide bonds. The van der Waals surface area contributed by atoms with Crippen LogP contribution in [0, 0.1) is 0 Å². The molecule has 5 N–H and O–H groups in total. The van der Waals surface area contributed by atoms with E-state index >= 15 is 0 Å². The van der Waals surface area contributed by atoms with Crippen molar-refractivity contribution in [3.63, 3.8) is 0 Å². The molecule has 0 aliphatic carbocycles. The summed E-state index contributed by atoms with van der Waals surface area (Å²) in [6.45, 7) is -0.132. The van der Waals surface area contributed by atoms with Crippen molar-refractivity contribution in [1.82, 2.24) is 20.3 Å². The van der Waals surface area contributed by atoms with Gasteiger partial charge in [-0.3, -0.25) is 19.7 Å². The number of ether oxygens (including phenoxy) is 3. The molecule has 0 atom stereocenters. The van der Waals surface area contributed by atoms with Crippen molar-refractivity contribution in [1.29, 1.82) is 0 Å². The largest absolute Gasteiger partial charge is 0.493 e. The highest BCUT2D eigenvalue weighted by Crippen LogP contribution is 2.27. The van der Waals surface area contributed by atoms with E-state index in [2.05, 4.69) is 10.3 Å². The van der Waals surface area contributed by atoms with Gasteiger partial charge in [-0.05, 0) is 48.4 Å². The van der Waals surface area contributed by atoms with Crippen molar-refractivity contribution in [2.45, 2.75) is 11.3 Å². The second-order valence-corrected chi connectivity index (χ2v) is 9.86. The van der Waals surface area contributed by atoms with E-state index in [-0.39, 0.29) is 28.8 Å². The van der Waals surface area contributed by atoms with E-state index in [9.17, 15) is 27.6 Å². The van der Waals surface area contributed by atoms with Gasteiger partial charge in [0.05, 0.1) is 31.2 Å². The number of carbonyl (C=O) groups is 4. The lowest BCUT2D eigenvalue weighted by Crippen LogP contribution is -2.37. The van der Waals surface area contributed by atoms with Crippen molar-refractivity contribution in [3.05, 3.63) is 77.5 Å². The maximum Gasteiger partial charge on any atom is 0.420 e. The molecule has 0 spiro atoms. The van der Waals surface area contributed by atoms with Gasteiger partial charge in [0.2, 0.25) is 11.8 Å². The summed E-state index contributed by atoms with van der Waals surface area (Å²) in [6.07, 6.45) is 0.304. The number of hydrogen-bond acceptors (Lipinski definition) is 11. The number of nitrogens with two attached hydrogens (primary N) is 1. The Morgan fingerprint density at radius 1 is 0.878 bits per heavy atom. The van der Waals surface area contributed by atoms with Crippen LogP contribution in [0.25, 0.3) is 0 Å².